The molecule has 1 heterocycles. The Balaban J connectivity index is 2.54. The fourth-order valence-corrected chi connectivity index (χ4v) is 2.53. The van der Waals surface area contributed by atoms with Gasteiger partial charge in [-0.05, 0) is 6.92 Å². The van der Waals surface area contributed by atoms with Gasteiger partial charge in [-0.15, -0.1) is 11.3 Å². The lowest BCUT2D eigenvalue weighted by Gasteiger charge is -1.97. The van der Waals surface area contributed by atoms with Gasteiger partial charge < -0.3 is 9.94 Å². The first-order valence-corrected chi connectivity index (χ1v) is 5.88. The van der Waals surface area contributed by atoms with Crippen molar-refractivity contribution in [1.82, 2.24) is 4.98 Å². The average molecular weight is 246 g/mol. The van der Waals surface area contributed by atoms with Crippen molar-refractivity contribution in [2.24, 2.45) is 5.16 Å². The van der Waals surface area contributed by atoms with Crippen LogP contribution in [0.3, 0.4) is 0 Å². The number of aromatic nitrogens is 1. The Labute approximate surface area is 95.2 Å². The van der Waals surface area contributed by atoms with E-state index in [-0.39, 0.29) is 11.5 Å². The number of hydrogen-bond donors (Lipinski definition) is 1. The molecule has 0 aliphatic rings. The molecule has 0 fully saturated rings. The van der Waals surface area contributed by atoms with Crippen molar-refractivity contribution in [3.05, 3.63) is 11.1 Å². The lowest BCUT2D eigenvalue weighted by molar-refractivity contribution is -0.129. The molecular weight excluding hydrogens is 236 g/mol. The van der Waals surface area contributed by atoms with Crippen molar-refractivity contribution in [3.63, 3.8) is 0 Å². The third-order valence-electron chi connectivity index (χ3n) is 1.38. The summed E-state index contributed by atoms with van der Waals surface area (Å²) in [7, 11) is 1.32. The van der Waals surface area contributed by atoms with Crippen molar-refractivity contribution in [2.45, 2.75) is 11.3 Å². The van der Waals surface area contributed by atoms with Gasteiger partial charge >= 0.3 is 5.97 Å². The minimum atomic E-state index is -1.07. The zero-order chi connectivity index (χ0) is 11.3. The first kappa shape index (κ1) is 12.0. The van der Waals surface area contributed by atoms with E-state index in [1.54, 1.807) is 0 Å². The second-order valence-corrected chi connectivity index (χ2v) is 4.65. The Morgan fingerprint density at radius 1 is 1.80 bits per heavy atom. The summed E-state index contributed by atoms with van der Waals surface area (Å²) in [6.45, 7) is 1.89. The van der Waals surface area contributed by atoms with Crippen molar-refractivity contribution < 1.29 is 14.7 Å². The fraction of sp³-hybridized carbons (Fsp3) is 0.375. The van der Waals surface area contributed by atoms with Gasteiger partial charge in [0.25, 0.3) is 0 Å². The van der Waals surface area contributed by atoms with Gasteiger partial charge in [0.15, 0.2) is 5.71 Å². The van der Waals surface area contributed by atoms with Crippen molar-refractivity contribution in [3.8, 4) is 0 Å². The molecule has 0 spiro atoms. The highest BCUT2D eigenvalue weighted by Crippen LogP contribution is 2.22. The molecule has 0 saturated heterocycles. The summed E-state index contributed by atoms with van der Waals surface area (Å²) in [6.07, 6.45) is 0. The summed E-state index contributed by atoms with van der Waals surface area (Å²) in [4.78, 5) is 19.3. The van der Waals surface area contributed by atoms with Crippen LogP contribution in [0.1, 0.15) is 5.69 Å². The number of aliphatic carboxylic acids is 1. The van der Waals surface area contributed by atoms with Crippen LogP contribution in [0.5, 0.6) is 0 Å². The van der Waals surface area contributed by atoms with Crippen LogP contribution < -0.4 is 0 Å². The molecule has 0 saturated carbocycles. The van der Waals surface area contributed by atoms with Gasteiger partial charge in [0.05, 0.1) is 5.75 Å². The van der Waals surface area contributed by atoms with Crippen LogP contribution in [0.4, 0.5) is 0 Å². The molecule has 0 amide bonds. The van der Waals surface area contributed by atoms with Gasteiger partial charge in [-0.25, -0.2) is 9.78 Å². The standard InChI is InChI=1S/C8H10N2O3S2/c1-5-3-14-8(9-5)15-4-6(7(11)12)10-13-2/h3H,4H2,1-2H3,(H,11,12)/b10-6-. The number of oxime groups is 1. The normalized spacial score (nSPS) is 11.5. The minimum Gasteiger partial charge on any atom is -0.477 e. The molecule has 15 heavy (non-hydrogen) atoms. The summed E-state index contributed by atoms with van der Waals surface area (Å²) in [6, 6.07) is 0. The molecule has 0 aromatic carbocycles. The van der Waals surface area contributed by atoms with E-state index in [0.29, 0.717) is 0 Å². The van der Waals surface area contributed by atoms with E-state index in [0.717, 1.165) is 10.0 Å². The van der Waals surface area contributed by atoms with E-state index in [4.69, 9.17) is 5.11 Å². The second kappa shape index (κ2) is 5.72. The van der Waals surface area contributed by atoms with Gasteiger partial charge in [-0.2, -0.15) is 0 Å². The number of thioether (sulfide) groups is 1. The number of rotatable bonds is 5. The zero-order valence-corrected chi connectivity index (χ0v) is 9.89. The first-order chi connectivity index (χ1) is 7.13. The SMILES string of the molecule is CO/N=C(/CSc1nc(C)cs1)C(=O)O. The van der Waals surface area contributed by atoms with E-state index in [2.05, 4.69) is 15.0 Å². The van der Waals surface area contributed by atoms with Crippen LogP contribution in [0.25, 0.3) is 0 Å². The summed E-state index contributed by atoms with van der Waals surface area (Å²) in [5.74, 6) is -0.825. The molecule has 0 radical (unpaired) electrons. The fourth-order valence-electron chi connectivity index (χ4n) is 0.766. The Bertz CT molecular complexity index is 376. The van der Waals surface area contributed by atoms with E-state index >= 15 is 0 Å². The third kappa shape index (κ3) is 3.88. The van der Waals surface area contributed by atoms with Gasteiger partial charge in [-0.1, -0.05) is 16.9 Å². The number of nitrogens with zero attached hydrogens (tertiary/aromatic N) is 2. The molecule has 1 aromatic rings. The molecule has 0 aliphatic carbocycles. The first-order valence-electron chi connectivity index (χ1n) is 4.01. The highest BCUT2D eigenvalue weighted by Gasteiger charge is 2.12. The summed E-state index contributed by atoms with van der Waals surface area (Å²) >= 11 is 2.82. The molecule has 0 bridgehead atoms. The highest BCUT2D eigenvalue weighted by molar-refractivity contribution is 8.01. The van der Waals surface area contributed by atoms with Crippen molar-refractivity contribution in [1.29, 1.82) is 0 Å². The van der Waals surface area contributed by atoms with Gasteiger partial charge in [0.2, 0.25) is 0 Å². The molecular formula is C8H10N2O3S2. The summed E-state index contributed by atoms with van der Waals surface area (Å²) < 4.78 is 0.831. The van der Waals surface area contributed by atoms with E-state index in [1.165, 1.54) is 30.2 Å². The van der Waals surface area contributed by atoms with Crippen LogP contribution in [0.2, 0.25) is 0 Å². The number of aryl methyl sites for hydroxylation is 1. The Morgan fingerprint density at radius 2 is 2.53 bits per heavy atom. The van der Waals surface area contributed by atoms with Crippen LogP contribution in [-0.4, -0.2) is 34.6 Å². The second-order valence-electron chi connectivity index (χ2n) is 2.57. The van der Waals surface area contributed by atoms with Crippen LogP contribution in [0.15, 0.2) is 14.9 Å². The number of thiazole rings is 1. The van der Waals surface area contributed by atoms with Gasteiger partial charge in [0.1, 0.15) is 11.4 Å². The van der Waals surface area contributed by atoms with Crippen LogP contribution in [0, 0.1) is 6.92 Å². The maximum atomic E-state index is 10.7. The van der Waals surface area contributed by atoms with Crippen molar-refractivity contribution >= 4 is 34.8 Å². The largest absolute Gasteiger partial charge is 0.477 e. The quantitative estimate of drug-likeness (QED) is 0.485. The molecule has 1 rings (SSSR count). The van der Waals surface area contributed by atoms with Crippen LogP contribution in [-0.2, 0) is 9.63 Å². The summed E-state index contributed by atoms with van der Waals surface area (Å²) in [5.41, 5.74) is 0.915. The molecule has 0 atom stereocenters. The molecule has 0 aliphatic heterocycles. The minimum absolute atomic E-state index is 0.0182. The molecule has 1 aromatic heterocycles. The predicted octanol–water partition coefficient (Wildman–Crippen LogP) is 1.63. The van der Waals surface area contributed by atoms with Gasteiger partial charge in [-0.3, -0.25) is 0 Å². The van der Waals surface area contributed by atoms with E-state index in [1.807, 2.05) is 12.3 Å². The topological polar surface area (TPSA) is 71.8 Å². The molecule has 0 unspecified atom stereocenters. The molecule has 5 nitrogen and oxygen atoms in total. The zero-order valence-electron chi connectivity index (χ0n) is 8.26. The molecule has 82 valence electrons. The van der Waals surface area contributed by atoms with E-state index in [9.17, 15) is 4.79 Å². The highest BCUT2D eigenvalue weighted by atomic mass is 32.2. The number of carboxylic acids is 1. The molecule has 1 N–H and O–H groups in total. The Kier molecular flexibility index (Phi) is 4.57. The molecule has 7 heteroatoms. The van der Waals surface area contributed by atoms with E-state index < -0.39 is 5.97 Å². The number of carbonyl (C=O) groups is 1. The van der Waals surface area contributed by atoms with Gasteiger partial charge in [0, 0.05) is 11.1 Å². The lowest BCUT2D eigenvalue weighted by atomic mass is 10.4. The Morgan fingerprint density at radius 3 is 3.00 bits per heavy atom. The predicted molar refractivity (Wildman–Crippen MR) is 59.7 cm³/mol. The summed E-state index contributed by atoms with van der Waals surface area (Å²) in [5, 5.41) is 14.1. The third-order valence-corrected chi connectivity index (χ3v) is 3.53. The number of carboxylic acid groups (broad SMARTS) is 1. The maximum Gasteiger partial charge on any atom is 0.354 e. The van der Waals surface area contributed by atoms with Crippen molar-refractivity contribution in [2.75, 3.05) is 12.9 Å². The number of hydrogen-bond acceptors (Lipinski definition) is 6. The Hall–Kier alpha value is -1.08. The smallest absolute Gasteiger partial charge is 0.354 e. The maximum absolute atomic E-state index is 10.7. The lowest BCUT2D eigenvalue weighted by Crippen LogP contribution is -2.15. The average Bonchev–Trinajstić information content (AvgIpc) is 2.58. The monoisotopic (exact) mass is 246 g/mol. The van der Waals surface area contributed by atoms with Crippen LogP contribution >= 0.6 is 23.1 Å².